The third-order valence-electron chi connectivity index (χ3n) is 7.20. The summed E-state index contributed by atoms with van der Waals surface area (Å²) in [5, 5.41) is 0. The van der Waals surface area contributed by atoms with Gasteiger partial charge in [-0.05, 0) is 63.4 Å². The molecule has 4 fully saturated rings. The molecule has 0 N–H and O–H groups in total. The lowest BCUT2D eigenvalue weighted by atomic mass is 9.73. The first-order chi connectivity index (χ1) is 12.9. The van der Waals surface area contributed by atoms with Crippen molar-refractivity contribution in [2.45, 2.75) is 49.2 Å². The van der Waals surface area contributed by atoms with Gasteiger partial charge in [0.2, 0.25) is 10.0 Å². The van der Waals surface area contributed by atoms with Crippen LogP contribution in [0.4, 0.5) is 4.39 Å². The fourth-order valence-corrected chi connectivity index (χ4v) is 7.26. The summed E-state index contributed by atoms with van der Waals surface area (Å²) in [6.45, 7) is 5.85. The fourth-order valence-electron chi connectivity index (χ4n) is 5.72. The number of benzene rings is 1. The van der Waals surface area contributed by atoms with Crippen molar-refractivity contribution in [1.29, 1.82) is 0 Å². The second kappa shape index (κ2) is 6.24. The number of likely N-dealkylation sites (tertiary alicyclic amines) is 1. The lowest BCUT2D eigenvalue weighted by Gasteiger charge is -2.32. The number of nitrogens with zero attached hydrogens (tertiary/aromatic N) is 2. The Labute approximate surface area is 160 Å². The van der Waals surface area contributed by atoms with Crippen LogP contribution in [0.5, 0.6) is 0 Å². The van der Waals surface area contributed by atoms with E-state index in [0.29, 0.717) is 24.6 Å². The molecule has 1 spiro atoms. The zero-order valence-electron chi connectivity index (χ0n) is 15.7. The predicted octanol–water partition coefficient (Wildman–Crippen LogP) is 2.40. The van der Waals surface area contributed by atoms with E-state index in [1.807, 2.05) is 0 Å². The van der Waals surface area contributed by atoms with Crippen molar-refractivity contribution in [2.24, 2.45) is 11.8 Å². The van der Waals surface area contributed by atoms with Crippen molar-refractivity contribution < 1.29 is 17.5 Å². The zero-order valence-corrected chi connectivity index (χ0v) is 16.5. The summed E-state index contributed by atoms with van der Waals surface area (Å²) in [5.41, 5.74) is 0.129. The maximum Gasteiger partial charge on any atom is 0.243 e. The molecule has 0 saturated carbocycles. The largest absolute Gasteiger partial charge is 0.370 e. The van der Waals surface area contributed by atoms with Crippen LogP contribution in [0, 0.1) is 24.6 Å². The van der Waals surface area contributed by atoms with E-state index in [9.17, 15) is 12.8 Å². The van der Waals surface area contributed by atoms with E-state index in [1.54, 1.807) is 11.2 Å². The highest BCUT2D eigenvalue weighted by molar-refractivity contribution is 7.89. The number of ether oxygens (including phenoxy) is 1. The van der Waals surface area contributed by atoms with Crippen LogP contribution in [0.2, 0.25) is 0 Å². The minimum absolute atomic E-state index is 0.0487. The van der Waals surface area contributed by atoms with Crippen LogP contribution in [0.25, 0.3) is 0 Å². The smallest absolute Gasteiger partial charge is 0.243 e. The normalized spacial score (nSPS) is 36.6. The first-order valence-corrected chi connectivity index (χ1v) is 11.5. The number of halogens is 1. The van der Waals surface area contributed by atoms with E-state index in [0.717, 1.165) is 38.5 Å². The van der Waals surface area contributed by atoms with E-state index in [4.69, 9.17) is 4.74 Å². The van der Waals surface area contributed by atoms with Crippen LogP contribution >= 0.6 is 0 Å². The highest BCUT2D eigenvalue weighted by Gasteiger charge is 2.64. The quantitative estimate of drug-likeness (QED) is 0.787. The van der Waals surface area contributed by atoms with E-state index in [2.05, 4.69) is 4.90 Å². The molecule has 1 aromatic rings. The van der Waals surface area contributed by atoms with Gasteiger partial charge in [0.05, 0.1) is 16.6 Å². The summed E-state index contributed by atoms with van der Waals surface area (Å²) in [7, 11) is -3.70. The van der Waals surface area contributed by atoms with Crippen LogP contribution in [0.3, 0.4) is 0 Å². The number of sulfonamides is 1. The Balaban J connectivity index is 1.40. The second-order valence-corrected chi connectivity index (χ2v) is 10.7. The summed E-state index contributed by atoms with van der Waals surface area (Å²) >= 11 is 0. The summed E-state index contributed by atoms with van der Waals surface area (Å²) in [4.78, 5) is 2.56. The zero-order chi connectivity index (χ0) is 18.8. The maximum absolute atomic E-state index is 14.0. The van der Waals surface area contributed by atoms with E-state index >= 15 is 0 Å². The van der Waals surface area contributed by atoms with Gasteiger partial charge < -0.3 is 9.64 Å². The van der Waals surface area contributed by atoms with Crippen LogP contribution in [0.15, 0.2) is 23.1 Å². The number of hydrogen-bond donors (Lipinski definition) is 0. The molecular formula is C20H27FN2O3S. The third-order valence-corrected chi connectivity index (χ3v) is 9.01. The lowest BCUT2D eigenvalue weighted by molar-refractivity contribution is 0.00722. The van der Waals surface area contributed by atoms with Crippen LogP contribution in [0.1, 0.15) is 31.2 Å². The topological polar surface area (TPSA) is 49.9 Å². The third kappa shape index (κ3) is 2.77. The molecule has 27 heavy (non-hydrogen) atoms. The monoisotopic (exact) mass is 394 g/mol. The molecule has 4 heterocycles. The Hall–Kier alpha value is -1.02. The van der Waals surface area contributed by atoms with Crippen molar-refractivity contribution in [3.05, 3.63) is 29.6 Å². The van der Waals surface area contributed by atoms with Crippen LogP contribution in [-0.4, -0.2) is 62.1 Å². The molecule has 0 amide bonds. The SMILES string of the molecule is Cc1ccc(S(=O)(=O)N2C[C@@H]3[C@H](CN4CCCC4)[C@H]4CC[C@]3(C2)O4)cc1F. The van der Waals surface area contributed by atoms with Gasteiger partial charge in [-0.3, -0.25) is 0 Å². The highest BCUT2D eigenvalue weighted by Crippen LogP contribution is 2.55. The molecule has 4 aliphatic heterocycles. The van der Waals surface area contributed by atoms with Gasteiger partial charge in [-0.1, -0.05) is 6.07 Å². The molecule has 7 heteroatoms. The first-order valence-electron chi connectivity index (χ1n) is 10.1. The van der Waals surface area contributed by atoms with Crippen LogP contribution in [-0.2, 0) is 14.8 Å². The van der Waals surface area contributed by atoms with Crippen molar-refractivity contribution >= 4 is 10.0 Å². The molecular weight excluding hydrogens is 367 g/mol. The predicted molar refractivity (Wildman–Crippen MR) is 99.4 cm³/mol. The summed E-state index contributed by atoms with van der Waals surface area (Å²) in [6.07, 6.45) is 4.76. The fraction of sp³-hybridized carbons (Fsp3) is 0.700. The van der Waals surface area contributed by atoms with Gasteiger partial charge in [-0.2, -0.15) is 4.31 Å². The van der Waals surface area contributed by atoms with Gasteiger partial charge in [0.15, 0.2) is 0 Å². The van der Waals surface area contributed by atoms with Gasteiger partial charge in [-0.25, -0.2) is 12.8 Å². The number of hydrogen-bond acceptors (Lipinski definition) is 4. The molecule has 4 aliphatic rings. The van der Waals surface area contributed by atoms with E-state index in [-0.39, 0.29) is 22.5 Å². The average Bonchev–Trinajstić information content (AvgIpc) is 3.39. The van der Waals surface area contributed by atoms with E-state index in [1.165, 1.54) is 25.0 Å². The molecule has 0 aromatic heterocycles. The molecule has 148 valence electrons. The van der Waals surface area contributed by atoms with Crippen LogP contribution < -0.4 is 0 Å². The van der Waals surface area contributed by atoms with Gasteiger partial charge in [-0.15, -0.1) is 0 Å². The highest BCUT2D eigenvalue weighted by atomic mass is 32.2. The molecule has 0 radical (unpaired) electrons. The summed E-state index contributed by atoms with van der Waals surface area (Å²) in [5.74, 6) is 0.187. The van der Waals surface area contributed by atoms with E-state index < -0.39 is 15.8 Å². The molecule has 2 bridgehead atoms. The van der Waals surface area contributed by atoms with Gasteiger partial charge in [0, 0.05) is 31.5 Å². The number of aryl methyl sites for hydroxylation is 1. The molecule has 0 unspecified atom stereocenters. The standard InChI is InChI=1S/C20H27FN2O3S/c1-14-4-5-15(10-18(14)21)27(24,25)23-12-17-16(11-22-8-2-3-9-22)19-6-7-20(17,13-23)26-19/h4-5,10,16-17,19H,2-3,6-9,11-13H2,1H3/t16-,17+,19+,20+/m0/s1. The minimum Gasteiger partial charge on any atom is -0.370 e. The molecule has 4 saturated heterocycles. The molecule has 5 rings (SSSR count). The molecule has 5 nitrogen and oxygen atoms in total. The summed E-state index contributed by atoms with van der Waals surface area (Å²) in [6, 6.07) is 4.20. The Morgan fingerprint density at radius 2 is 2.07 bits per heavy atom. The van der Waals surface area contributed by atoms with Crippen molar-refractivity contribution in [2.75, 3.05) is 32.7 Å². The Bertz CT molecular complexity index is 855. The summed E-state index contributed by atoms with van der Waals surface area (Å²) < 4.78 is 48.2. The maximum atomic E-state index is 14.0. The molecule has 1 aromatic carbocycles. The molecule has 0 aliphatic carbocycles. The lowest BCUT2D eigenvalue weighted by Crippen LogP contribution is -2.41. The number of rotatable bonds is 4. The Morgan fingerprint density at radius 3 is 2.81 bits per heavy atom. The molecule has 4 atom stereocenters. The minimum atomic E-state index is -3.70. The Kier molecular flexibility index (Phi) is 4.17. The van der Waals surface area contributed by atoms with Gasteiger partial charge in [0.25, 0.3) is 0 Å². The second-order valence-electron chi connectivity index (χ2n) is 8.75. The Morgan fingerprint density at radius 1 is 1.30 bits per heavy atom. The average molecular weight is 395 g/mol. The van der Waals surface area contributed by atoms with Crippen molar-refractivity contribution in [3.8, 4) is 0 Å². The van der Waals surface area contributed by atoms with Crippen molar-refractivity contribution in [3.63, 3.8) is 0 Å². The number of fused-ring (bicyclic) bond motifs is 1. The van der Waals surface area contributed by atoms with Crippen molar-refractivity contribution in [1.82, 2.24) is 9.21 Å². The van der Waals surface area contributed by atoms with Gasteiger partial charge >= 0.3 is 0 Å². The van der Waals surface area contributed by atoms with Gasteiger partial charge in [0.1, 0.15) is 5.82 Å². The first kappa shape index (κ1) is 18.0.